The predicted octanol–water partition coefficient (Wildman–Crippen LogP) is 5.53. The molecule has 2 N–H and O–H groups in total. The van der Waals surface area contributed by atoms with Gasteiger partial charge >= 0.3 is 0 Å². The van der Waals surface area contributed by atoms with Crippen molar-refractivity contribution in [1.82, 2.24) is 15.3 Å². The summed E-state index contributed by atoms with van der Waals surface area (Å²) in [6.07, 6.45) is 4.20. The van der Waals surface area contributed by atoms with Gasteiger partial charge in [0, 0.05) is 18.5 Å². The van der Waals surface area contributed by atoms with Gasteiger partial charge in [-0.2, -0.15) is 0 Å². The molecule has 0 radical (unpaired) electrons. The highest BCUT2D eigenvalue weighted by Crippen LogP contribution is 2.38. The van der Waals surface area contributed by atoms with Gasteiger partial charge in [-0.15, -0.1) is 0 Å². The fourth-order valence-corrected chi connectivity index (χ4v) is 4.77. The van der Waals surface area contributed by atoms with E-state index in [1.54, 1.807) is 6.07 Å². The number of carbonyl (C=O) groups excluding carboxylic acids is 1. The third-order valence-corrected chi connectivity index (χ3v) is 6.55. The summed E-state index contributed by atoms with van der Waals surface area (Å²) in [6, 6.07) is 14.0. The van der Waals surface area contributed by atoms with Crippen LogP contribution in [0, 0.1) is 29.5 Å². The normalized spacial score (nSPS) is 21.3. The van der Waals surface area contributed by atoms with Crippen LogP contribution in [0.25, 0.3) is 11.0 Å². The van der Waals surface area contributed by atoms with Crippen LogP contribution in [0.1, 0.15) is 43.4 Å². The lowest BCUT2D eigenvalue weighted by molar-refractivity contribution is 0.0939. The molecular formula is C26H30FN3O. The molecule has 1 heterocycles. The summed E-state index contributed by atoms with van der Waals surface area (Å²) >= 11 is 0. The van der Waals surface area contributed by atoms with E-state index in [0.717, 1.165) is 29.7 Å². The van der Waals surface area contributed by atoms with Gasteiger partial charge < -0.3 is 10.3 Å². The predicted molar refractivity (Wildman–Crippen MR) is 122 cm³/mol. The van der Waals surface area contributed by atoms with Crippen LogP contribution >= 0.6 is 0 Å². The highest BCUT2D eigenvalue weighted by molar-refractivity contribution is 5.94. The molecule has 1 aliphatic carbocycles. The smallest absolute Gasteiger partial charge is 0.251 e. The van der Waals surface area contributed by atoms with Crippen molar-refractivity contribution in [2.24, 2.45) is 23.7 Å². The molecule has 31 heavy (non-hydrogen) atoms. The minimum absolute atomic E-state index is 0.0224. The first-order valence-electron chi connectivity index (χ1n) is 11.1. The highest BCUT2D eigenvalue weighted by atomic mass is 19.1. The first-order chi connectivity index (χ1) is 14.9. The van der Waals surface area contributed by atoms with Crippen LogP contribution in [0.15, 0.2) is 60.2 Å². The van der Waals surface area contributed by atoms with E-state index in [2.05, 4.69) is 42.1 Å². The van der Waals surface area contributed by atoms with Gasteiger partial charge in [-0.3, -0.25) is 4.79 Å². The average molecular weight is 420 g/mol. The number of nitrogens with one attached hydrogen (secondary N) is 2. The molecule has 0 saturated heterocycles. The minimum Gasteiger partial charge on any atom is -0.351 e. The summed E-state index contributed by atoms with van der Waals surface area (Å²) in [6.45, 7) is 7.33. The molecule has 0 saturated carbocycles. The van der Waals surface area contributed by atoms with Crippen LogP contribution in [0.2, 0.25) is 0 Å². The van der Waals surface area contributed by atoms with E-state index in [0.29, 0.717) is 35.8 Å². The average Bonchev–Trinajstić information content (AvgIpc) is 3.15. The molecule has 3 atom stereocenters. The number of H-pyrrole nitrogens is 1. The van der Waals surface area contributed by atoms with E-state index < -0.39 is 0 Å². The Bertz CT molecular complexity index is 1090. The fourth-order valence-electron chi connectivity index (χ4n) is 4.77. The number of allylic oxidation sites excluding steroid dienone is 1. The summed E-state index contributed by atoms with van der Waals surface area (Å²) in [4.78, 5) is 20.4. The van der Waals surface area contributed by atoms with Gasteiger partial charge in [0.25, 0.3) is 5.91 Å². The number of carbonyl (C=O) groups is 1. The minimum atomic E-state index is -0.253. The van der Waals surface area contributed by atoms with E-state index in [9.17, 15) is 9.18 Å². The molecule has 1 aromatic heterocycles. The number of rotatable bonds is 6. The molecule has 0 fully saturated rings. The van der Waals surface area contributed by atoms with Crippen molar-refractivity contribution >= 4 is 16.9 Å². The number of hydrogen-bond acceptors (Lipinski definition) is 2. The Morgan fingerprint density at radius 2 is 2.00 bits per heavy atom. The molecule has 5 heteroatoms. The molecule has 1 aliphatic rings. The number of imidazole rings is 1. The van der Waals surface area contributed by atoms with E-state index in [-0.39, 0.29) is 11.7 Å². The number of fused-ring (bicyclic) bond motifs is 1. The van der Waals surface area contributed by atoms with Crippen molar-refractivity contribution < 1.29 is 9.18 Å². The Labute approximate surface area is 183 Å². The monoisotopic (exact) mass is 419 g/mol. The van der Waals surface area contributed by atoms with E-state index in [1.165, 1.54) is 17.7 Å². The summed E-state index contributed by atoms with van der Waals surface area (Å²) in [5.41, 5.74) is 3.58. The van der Waals surface area contributed by atoms with E-state index in [4.69, 9.17) is 0 Å². The van der Waals surface area contributed by atoms with Crippen LogP contribution in [0.4, 0.5) is 4.39 Å². The van der Waals surface area contributed by atoms with Crippen LogP contribution in [0.5, 0.6) is 0 Å². The lowest BCUT2D eigenvalue weighted by Gasteiger charge is -2.37. The lowest BCUT2D eigenvalue weighted by Crippen LogP contribution is -2.37. The molecule has 162 valence electrons. The van der Waals surface area contributed by atoms with Crippen molar-refractivity contribution in [3.8, 4) is 0 Å². The number of aromatic nitrogens is 2. The van der Waals surface area contributed by atoms with E-state index in [1.807, 2.05) is 30.3 Å². The summed E-state index contributed by atoms with van der Waals surface area (Å²) in [5.74, 6) is 2.31. The summed E-state index contributed by atoms with van der Waals surface area (Å²) in [5, 5.41) is 3.12. The molecule has 4 rings (SSSR count). The molecule has 1 amide bonds. The molecule has 0 spiro atoms. The van der Waals surface area contributed by atoms with Gasteiger partial charge in [-0.25, -0.2) is 9.37 Å². The van der Waals surface area contributed by atoms with Gasteiger partial charge in [-0.1, -0.05) is 43.7 Å². The number of halogens is 1. The molecule has 0 aliphatic heterocycles. The Hall–Kier alpha value is -2.95. The first-order valence-corrected chi connectivity index (χ1v) is 11.1. The van der Waals surface area contributed by atoms with Crippen LogP contribution in [-0.2, 0) is 6.42 Å². The zero-order valence-corrected chi connectivity index (χ0v) is 18.4. The van der Waals surface area contributed by atoms with Gasteiger partial charge in [0.15, 0.2) is 0 Å². The largest absolute Gasteiger partial charge is 0.351 e. The van der Waals surface area contributed by atoms with Gasteiger partial charge in [-0.05, 0) is 67.3 Å². The second-order valence-corrected chi connectivity index (χ2v) is 9.04. The number of aromatic amines is 1. The number of hydrogen-bond donors (Lipinski definition) is 2. The van der Waals surface area contributed by atoms with E-state index >= 15 is 0 Å². The quantitative estimate of drug-likeness (QED) is 0.516. The maximum absolute atomic E-state index is 13.5. The number of amides is 1. The van der Waals surface area contributed by atoms with Crippen molar-refractivity contribution in [3.63, 3.8) is 0 Å². The third-order valence-electron chi connectivity index (χ3n) is 6.55. The van der Waals surface area contributed by atoms with Crippen LogP contribution in [-0.4, -0.2) is 22.4 Å². The highest BCUT2D eigenvalue weighted by Gasteiger charge is 2.32. The summed E-state index contributed by atoms with van der Waals surface area (Å²) < 4.78 is 13.5. The van der Waals surface area contributed by atoms with Crippen LogP contribution < -0.4 is 5.32 Å². The Morgan fingerprint density at radius 1 is 1.23 bits per heavy atom. The van der Waals surface area contributed by atoms with Crippen LogP contribution in [0.3, 0.4) is 0 Å². The van der Waals surface area contributed by atoms with Gasteiger partial charge in [0.05, 0.1) is 11.0 Å². The summed E-state index contributed by atoms with van der Waals surface area (Å²) in [7, 11) is 0. The molecule has 4 nitrogen and oxygen atoms in total. The molecule has 3 unspecified atom stereocenters. The lowest BCUT2D eigenvalue weighted by atomic mass is 9.69. The number of nitrogens with zero attached hydrogens (tertiary/aromatic N) is 1. The van der Waals surface area contributed by atoms with Gasteiger partial charge in [0.2, 0.25) is 0 Å². The van der Waals surface area contributed by atoms with Gasteiger partial charge in [0.1, 0.15) is 11.6 Å². The molecule has 0 bridgehead atoms. The van der Waals surface area contributed by atoms with Crippen molar-refractivity contribution in [3.05, 3.63) is 77.4 Å². The maximum Gasteiger partial charge on any atom is 0.251 e. The topological polar surface area (TPSA) is 57.8 Å². The third kappa shape index (κ3) is 4.87. The van der Waals surface area contributed by atoms with Crippen molar-refractivity contribution in [1.29, 1.82) is 0 Å². The zero-order valence-electron chi connectivity index (χ0n) is 18.4. The molecule has 3 aromatic rings. The molecule has 2 aromatic carbocycles. The van der Waals surface area contributed by atoms with Crippen molar-refractivity contribution in [2.45, 2.75) is 33.6 Å². The Morgan fingerprint density at radius 3 is 2.74 bits per heavy atom. The Kier molecular flexibility index (Phi) is 6.21. The SMILES string of the molecule is CC1=CC(CNC(=O)c2ccccc2)C(C(C)C)CC1Cc1nc2ccc(F)cc2[nH]1. The first kappa shape index (κ1) is 21.3. The van der Waals surface area contributed by atoms with Crippen molar-refractivity contribution in [2.75, 3.05) is 6.54 Å². The standard InChI is InChI=1S/C26H30FN3O/c1-16(2)22-12-19(13-25-29-23-10-9-21(27)14-24(23)30-25)17(3)11-20(22)15-28-26(31)18-7-5-4-6-8-18/h4-11,14,16,19-20,22H,12-13,15H2,1-3H3,(H,28,31)(H,29,30). The second kappa shape index (κ2) is 9.04. The zero-order chi connectivity index (χ0) is 22.0. The number of benzene rings is 2. The maximum atomic E-state index is 13.5. The molecular weight excluding hydrogens is 389 g/mol. The Balaban J connectivity index is 1.47. The second-order valence-electron chi connectivity index (χ2n) is 9.04. The fraction of sp³-hybridized carbons (Fsp3) is 0.385.